The minimum Gasteiger partial charge on any atom is -0.367 e. The first-order valence-electron chi connectivity index (χ1n) is 5.11. The summed E-state index contributed by atoms with van der Waals surface area (Å²) >= 11 is 0. The zero-order valence-electron chi connectivity index (χ0n) is 7.96. The fourth-order valence-corrected chi connectivity index (χ4v) is 1.79. The average molecular weight is 187 g/mol. The highest BCUT2D eigenvalue weighted by molar-refractivity contribution is 5.80. The summed E-state index contributed by atoms with van der Waals surface area (Å²) in [6, 6.07) is 4.83. The van der Waals surface area contributed by atoms with E-state index in [4.69, 9.17) is 0 Å². The molecule has 1 aliphatic rings. The van der Waals surface area contributed by atoms with Gasteiger partial charge in [0, 0.05) is 17.6 Å². The SMILES string of the molecule is c1cc2cc(NC3CCC3)ncc2[nH]1. The minimum atomic E-state index is 0.652. The number of nitrogens with one attached hydrogen (secondary N) is 2. The monoisotopic (exact) mass is 187 g/mol. The molecule has 2 aromatic heterocycles. The molecule has 0 aliphatic heterocycles. The first-order chi connectivity index (χ1) is 6.92. The van der Waals surface area contributed by atoms with Crippen molar-refractivity contribution in [2.75, 3.05) is 5.32 Å². The Kier molecular flexibility index (Phi) is 1.69. The molecule has 72 valence electrons. The van der Waals surface area contributed by atoms with E-state index in [9.17, 15) is 0 Å². The fourth-order valence-electron chi connectivity index (χ4n) is 1.79. The number of hydrogen-bond donors (Lipinski definition) is 2. The predicted molar refractivity (Wildman–Crippen MR) is 57.4 cm³/mol. The van der Waals surface area contributed by atoms with Crippen molar-refractivity contribution in [1.82, 2.24) is 9.97 Å². The number of aromatic nitrogens is 2. The lowest BCUT2D eigenvalue weighted by Gasteiger charge is -2.26. The molecule has 1 aliphatic carbocycles. The molecule has 0 spiro atoms. The molecular weight excluding hydrogens is 174 g/mol. The molecule has 3 heteroatoms. The molecule has 0 unspecified atom stereocenters. The summed E-state index contributed by atoms with van der Waals surface area (Å²) in [6.45, 7) is 0. The third-order valence-electron chi connectivity index (χ3n) is 2.89. The van der Waals surface area contributed by atoms with Crippen LogP contribution in [0.4, 0.5) is 5.82 Å². The van der Waals surface area contributed by atoms with E-state index in [-0.39, 0.29) is 0 Å². The summed E-state index contributed by atoms with van der Waals surface area (Å²) in [7, 11) is 0. The van der Waals surface area contributed by atoms with Crippen molar-refractivity contribution in [3.63, 3.8) is 0 Å². The molecule has 14 heavy (non-hydrogen) atoms. The van der Waals surface area contributed by atoms with Crippen LogP contribution in [-0.4, -0.2) is 16.0 Å². The molecule has 3 nitrogen and oxygen atoms in total. The van der Waals surface area contributed by atoms with Crippen molar-refractivity contribution >= 4 is 16.7 Å². The predicted octanol–water partition coefficient (Wildman–Crippen LogP) is 2.53. The van der Waals surface area contributed by atoms with Gasteiger partial charge in [0.2, 0.25) is 0 Å². The van der Waals surface area contributed by atoms with Crippen molar-refractivity contribution in [2.45, 2.75) is 25.3 Å². The quantitative estimate of drug-likeness (QED) is 0.758. The van der Waals surface area contributed by atoms with Crippen molar-refractivity contribution in [3.05, 3.63) is 24.5 Å². The van der Waals surface area contributed by atoms with Gasteiger partial charge in [0.25, 0.3) is 0 Å². The molecule has 1 saturated carbocycles. The van der Waals surface area contributed by atoms with E-state index in [1.54, 1.807) is 0 Å². The zero-order chi connectivity index (χ0) is 9.38. The van der Waals surface area contributed by atoms with Gasteiger partial charge in [0.05, 0.1) is 11.7 Å². The van der Waals surface area contributed by atoms with E-state index in [0.717, 1.165) is 11.3 Å². The Morgan fingerprint density at radius 2 is 2.36 bits per heavy atom. The summed E-state index contributed by atoms with van der Waals surface area (Å²) in [5.74, 6) is 1.00. The Hall–Kier alpha value is -1.51. The Labute approximate surface area is 82.5 Å². The number of fused-ring (bicyclic) bond motifs is 1. The van der Waals surface area contributed by atoms with Gasteiger partial charge in [-0.05, 0) is 31.4 Å². The molecule has 0 amide bonds. The second kappa shape index (κ2) is 3.01. The van der Waals surface area contributed by atoms with Crippen LogP contribution in [0.1, 0.15) is 19.3 Å². The maximum Gasteiger partial charge on any atom is 0.126 e. The van der Waals surface area contributed by atoms with Gasteiger partial charge < -0.3 is 10.3 Å². The summed E-state index contributed by atoms with van der Waals surface area (Å²) in [6.07, 6.45) is 7.75. The van der Waals surface area contributed by atoms with E-state index in [2.05, 4.69) is 27.4 Å². The summed E-state index contributed by atoms with van der Waals surface area (Å²) in [4.78, 5) is 7.50. The average Bonchev–Trinajstić information content (AvgIpc) is 2.58. The number of pyridine rings is 1. The minimum absolute atomic E-state index is 0.652. The smallest absolute Gasteiger partial charge is 0.126 e. The highest BCUT2D eigenvalue weighted by Crippen LogP contribution is 2.23. The van der Waals surface area contributed by atoms with Crippen molar-refractivity contribution in [2.24, 2.45) is 0 Å². The number of hydrogen-bond acceptors (Lipinski definition) is 2. The van der Waals surface area contributed by atoms with Crippen molar-refractivity contribution in [1.29, 1.82) is 0 Å². The first kappa shape index (κ1) is 7.85. The fraction of sp³-hybridized carbons (Fsp3) is 0.364. The first-order valence-corrected chi connectivity index (χ1v) is 5.11. The second-order valence-corrected chi connectivity index (χ2v) is 3.91. The maximum absolute atomic E-state index is 4.36. The summed E-state index contributed by atoms with van der Waals surface area (Å²) < 4.78 is 0. The van der Waals surface area contributed by atoms with Crippen LogP contribution in [0.2, 0.25) is 0 Å². The molecule has 1 fully saturated rings. The van der Waals surface area contributed by atoms with Gasteiger partial charge in [-0.3, -0.25) is 0 Å². The Bertz CT molecular complexity index is 442. The molecule has 0 atom stereocenters. The molecule has 2 N–H and O–H groups in total. The molecule has 0 saturated heterocycles. The molecular formula is C11H13N3. The van der Waals surface area contributed by atoms with Crippen molar-refractivity contribution in [3.8, 4) is 0 Å². The number of H-pyrrole nitrogens is 1. The zero-order valence-corrected chi connectivity index (χ0v) is 7.96. The van der Waals surface area contributed by atoms with Crippen LogP contribution in [0.15, 0.2) is 24.5 Å². The van der Waals surface area contributed by atoms with Crippen LogP contribution < -0.4 is 5.32 Å². The molecule has 2 aromatic rings. The van der Waals surface area contributed by atoms with Gasteiger partial charge in [0.15, 0.2) is 0 Å². The van der Waals surface area contributed by atoms with E-state index < -0.39 is 0 Å². The third-order valence-corrected chi connectivity index (χ3v) is 2.89. The van der Waals surface area contributed by atoms with Crippen molar-refractivity contribution < 1.29 is 0 Å². The van der Waals surface area contributed by atoms with Gasteiger partial charge in [-0.15, -0.1) is 0 Å². The van der Waals surface area contributed by atoms with Crippen LogP contribution in [0.25, 0.3) is 10.9 Å². The highest BCUT2D eigenvalue weighted by Gasteiger charge is 2.17. The normalized spacial score (nSPS) is 16.9. The van der Waals surface area contributed by atoms with E-state index in [1.165, 1.54) is 24.6 Å². The van der Waals surface area contributed by atoms with Crippen LogP contribution in [0, 0.1) is 0 Å². The molecule has 0 bridgehead atoms. The molecule has 3 rings (SSSR count). The molecule has 2 heterocycles. The van der Waals surface area contributed by atoms with Gasteiger partial charge >= 0.3 is 0 Å². The number of aromatic amines is 1. The van der Waals surface area contributed by atoms with Gasteiger partial charge in [-0.25, -0.2) is 4.98 Å². The van der Waals surface area contributed by atoms with E-state index in [1.807, 2.05) is 12.4 Å². The summed E-state index contributed by atoms with van der Waals surface area (Å²) in [5.41, 5.74) is 1.10. The van der Waals surface area contributed by atoms with E-state index in [0.29, 0.717) is 6.04 Å². The molecule has 0 radical (unpaired) electrons. The molecule has 0 aromatic carbocycles. The lowest BCUT2D eigenvalue weighted by atomic mass is 9.93. The largest absolute Gasteiger partial charge is 0.367 e. The van der Waals surface area contributed by atoms with Crippen LogP contribution in [0.5, 0.6) is 0 Å². The Morgan fingerprint density at radius 1 is 1.43 bits per heavy atom. The third kappa shape index (κ3) is 1.25. The van der Waals surface area contributed by atoms with E-state index >= 15 is 0 Å². The van der Waals surface area contributed by atoms with Crippen LogP contribution in [0.3, 0.4) is 0 Å². The number of anilines is 1. The lowest BCUT2D eigenvalue weighted by molar-refractivity contribution is 0.444. The topological polar surface area (TPSA) is 40.7 Å². The highest BCUT2D eigenvalue weighted by atomic mass is 15.0. The number of rotatable bonds is 2. The summed E-state index contributed by atoms with van der Waals surface area (Å²) in [5, 5.41) is 4.66. The maximum atomic E-state index is 4.36. The van der Waals surface area contributed by atoms with Gasteiger partial charge in [-0.2, -0.15) is 0 Å². The second-order valence-electron chi connectivity index (χ2n) is 3.91. The van der Waals surface area contributed by atoms with Gasteiger partial charge in [-0.1, -0.05) is 0 Å². The lowest BCUT2D eigenvalue weighted by Crippen LogP contribution is -2.27. The number of nitrogens with zero attached hydrogens (tertiary/aromatic N) is 1. The van der Waals surface area contributed by atoms with Crippen LogP contribution >= 0.6 is 0 Å². The van der Waals surface area contributed by atoms with Crippen LogP contribution in [-0.2, 0) is 0 Å². The Balaban J connectivity index is 1.88. The van der Waals surface area contributed by atoms with Gasteiger partial charge in [0.1, 0.15) is 5.82 Å². The Morgan fingerprint density at radius 3 is 3.14 bits per heavy atom. The standard InChI is InChI=1S/C11H13N3/c1-2-9(3-1)14-11-6-8-4-5-12-10(8)7-13-11/h4-7,9,12H,1-3H2,(H,13,14).